The first-order chi connectivity index (χ1) is 17.2. The number of rotatable bonds is 6. The third-order valence-corrected chi connectivity index (χ3v) is 6.09. The lowest BCUT2D eigenvalue weighted by Gasteiger charge is -2.34. The zero-order valence-electron chi connectivity index (χ0n) is 19.5. The molecular formula is C26H26N8O. The Bertz CT molecular complexity index is 1370. The summed E-state index contributed by atoms with van der Waals surface area (Å²) in [6, 6.07) is 7.85. The van der Waals surface area contributed by atoms with E-state index in [0.717, 1.165) is 53.9 Å². The van der Waals surface area contributed by atoms with Gasteiger partial charge in [-0.15, -0.1) is 5.92 Å². The molecule has 0 spiro atoms. The van der Waals surface area contributed by atoms with E-state index in [4.69, 9.17) is 0 Å². The van der Waals surface area contributed by atoms with Gasteiger partial charge in [0.25, 0.3) is 5.91 Å². The molecule has 35 heavy (non-hydrogen) atoms. The summed E-state index contributed by atoms with van der Waals surface area (Å²) in [6.07, 6.45) is 10.4. The van der Waals surface area contributed by atoms with Gasteiger partial charge in [0.15, 0.2) is 5.82 Å². The van der Waals surface area contributed by atoms with Gasteiger partial charge >= 0.3 is 0 Å². The number of anilines is 2. The largest absolute Gasteiger partial charge is 0.354 e. The molecule has 3 aromatic heterocycles. The van der Waals surface area contributed by atoms with Crippen LogP contribution in [-0.4, -0.2) is 56.5 Å². The van der Waals surface area contributed by atoms with Gasteiger partial charge in [-0.3, -0.25) is 9.78 Å². The summed E-state index contributed by atoms with van der Waals surface area (Å²) in [5.74, 6) is 7.12. The molecule has 1 aromatic carbocycles. The van der Waals surface area contributed by atoms with Crippen molar-refractivity contribution in [3.63, 3.8) is 0 Å². The average molecular weight is 467 g/mol. The second kappa shape index (κ2) is 10.3. The number of fused-ring (bicyclic) bond motifs is 1. The van der Waals surface area contributed by atoms with Gasteiger partial charge in [0.2, 0.25) is 0 Å². The number of benzene rings is 1. The van der Waals surface area contributed by atoms with Crippen molar-refractivity contribution in [1.29, 1.82) is 0 Å². The number of nitrogens with one attached hydrogen (secondary N) is 3. The number of hydrogen-bond acceptors (Lipinski definition) is 7. The average Bonchev–Trinajstić information content (AvgIpc) is 3.34. The second-order valence-electron chi connectivity index (χ2n) is 8.34. The van der Waals surface area contributed by atoms with E-state index in [1.807, 2.05) is 25.3 Å². The van der Waals surface area contributed by atoms with Crippen LogP contribution >= 0.6 is 0 Å². The third-order valence-electron chi connectivity index (χ3n) is 6.09. The van der Waals surface area contributed by atoms with Crippen LogP contribution in [0.5, 0.6) is 0 Å². The van der Waals surface area contributed by atoms with Gasteiger partial charge in [-0.1, -0.05) is 18.1 Å². The molecule has 9 nitrogen and oxygen atoms in total. The molecule has 0 unspecified atom stereocenters. The minimum absolute atomic E-state index is 0.236. The standard InChI is InChI=1S/C26H26N8O/c1-2-3-10-28-20-5-4-13-34(16-20)25-23-21(14-30-24(23)31-17-32-25)18-6-8-19(9-7-18)26(35)33-22-15-27-11-12-29-22/h6-9,11-12,14-15,17,20,28H,4-5,10,13,16H2,1H3,(H,29,33,35)(H,30,31,32)/t20-/m1/s1. The molecule has 5 rings (SSSR count). The Kier molecular flexibility index (Phi) is 6.63. The molecule has 0 saturated carbocycles. The first kappa shape index (κ1) is 22.5. The molecule has 1 saturated heterocycles. The summed E-state index contributed by atoms with van der Waals surface area (Å²) in [4.78, 5) is 35.4. The lowest BCUT2D eigenvalue weighted by atomic mass is 10.0. The quantitative estimate of drug-likeness (QED) is 0.374. The first-order valence-electron chi connectivity index (χ1n) is 11.6. The highest BCUT2D eigenvalue weighted by Gasteiger charge is 2.24. The lowest BCUT2D eigenvalue weighted by molar-refractivity contribution is 0.102. The molecule has 1 amide bonds. The summed E-state index contributed by atoms with van der Waals surface area (Å²) in [7, 11) is 0. The van der Waals surface area contributed by atoms with Crippen molar-refractivity contribution in [3.8, 4) is 23.0 Å². The van der Waals surface area contributed by atoms with Gasteiger partial charge in [-0.25, -0.2) is 15.0 Å². The fraction of sp³-hybridized carbons (Fsp3) is 0.269. The Morgan fingerprint density at radius 2 is 2.09 bits per heavy atom. The molecule has 0 aliphatic carbocycles. The summed E-state index contributed by atoms with van der Waals surface area (Å²) >= 11 is 0. The summed E-state index contributed by atoms with van der Waals surface area (Å²) in [5, 5.41) is 7.27. The Morgan fingerprint density at radius 1 is 1.20 bits per heavy atom. The predicted molar refractivity (Wildman–Crippen MR) is 136 cm³/mol. The van der Waals surface area contributed by atoms with Crippen LogP contribution in [0.1, 0.15) is 30.1 Å². The van der Waals surface area contributed by atoms with E-state index in [1.54, 1.807) is 24.7 Å². The molecule has 4 aromatic rings. The molecule has 4 heterocycles. The molecule has 1 aliphatic heterocycles. The van der Waals surface area contributed by atoms with E-state index in [2.05, 4.69) is 52.3 Å². The van der Waals surface area contributed by atoms with E-state index < -0.39 is 0 Å². The van der Waals surface area contributed by atoms with Crippen molar-refractivity contribution < 1.29 is 4.79 Å². The lowest BCUT2D eigenvalue weighted by Crippen LogP contribution is -2.46. The van der Waals surface area contributed by atoms with Crippen molar-refractivity contribution in [2.45, 2.75) is 25.8 Å². The maximum Gasteiger partial charge on any atom is 0.256 e. The number of H-pyrrole nitrogens is 1. The zero-order valence-corrected chi connectivity index (χ0v) is 19.5. The maximum atomic E-state index is 12.6. The van der Waals surface area contributed by atoms with Gasteiger partial charge in [-0.05, 0) is 37.5 Å². The number of carbonyl (C=O) groups excluding carboxylic acids is 1. The normalized spacial score (nSPS) is 15.5. The molecule has 1 fully saturated rings. The molecule has 9 heteroatoms. The summed E-state index contributed by atoms with van der Waals surface area (Å²) < 4.78 is 0. The molecule has 3 N–H and O–H groups in total. The smallest absolute Gasteiger partial charge is 0.256 e. The number of aromatic nitrogens is 5. The van der Waals surface area contributed by atoms with Crippen LogP contribution in [0.4, 0.5) is 11.6 Å². The monoisotopic (exact) mass is 466 g/mol. The fourth-order valence-corrected chi connectivity index (χ4v) is 4.39. The zero-order chi connectivity index (χ0) is 24.0. The number of carbonyl (C=O) groups is 1. The van der Waals surface area contributed by atoms with Gasteiger partial charge in [-0.2, -0.15) is 0 Å². The predicted octanol–water partition coefficient (Wildman–Crippen LogP) is 3.25. The number of piperidine rings is 1. The van der Waals surface area contributed by atoms with E-state index in [9.17, 15) is 4.79 Å². The highest BCUT2D eigenvalue weighted by atomic mass is 16.1. The fourth-order valence-electron chi connectivity index (χ4n) is 4.39. The van der Waals surface area contributed by atoms with Crippen molar-refractivity contribution in [1.82, 2.24) is 30.2 Å². The van der Waals surface area contributed by atoms with Crippen LogP contribution < -0.4 is 15.5 Å². The SMILES string of the molecule is CC#CCN[C@@H]1CCCN(c2ncnc3[nH]cc(-c4ccc(C(=O)Nc5cnccn5)cc4)c23)C1. The Balaban J connectivity index is 1.39. The Hall–Kier alpha value is -4.29. The van der Waals surface area contributed by atoms with Crippen LogP contribution in [0.3, 0.4) is 0 Å². The van der Waals surface area contributed by atoms with Gasteiger partial charge in [0, 0.05) is 48.8 Å². The molecule has 1 aliphatic rings. The van der Waals surface area contributed by atoms with Gasteiger partial charge in [0.1, 0.15) is 17.8 Å². The van der Waals surface area contributed by atoms with E-state index in [1.165, 1.54) is 12.4 Å². The highest BCUT2D eigenvalue weighted by Crippen LogP contribution is 2.34. The van der Waals surface area contributed by atoms with Crippen LogP contribution in [-0.2, 0) is 0 Å². The second-order valence-corrected chi connectivity index (χ2v) is 8.34. The number of hydrogen-bond donors (Lipinski definition) is 3. The minimum atomic E-state index is -0.236. The van der Waals surface area contributed by atoms with Crippen LogP contribution in [0.2, 0.25) is 0 Å². The maximum absolute atomic E-state index is 12.6. The van der Waals surface area contributed by atoms with E-state index in [-0.39, 0.29) is 5.91 Å². The molecule has 0 radical (unpaired) electrons. The number of amides is 1. The molecular weight excluding hydrogens is 440 g/mol. The Labute approximate surface area is 203 Å². The summed E-state index contributed by atoms with van der Waals surface area (Å²) in [5.41, 5.74) is 3.31. The van der Waals surface area contributed by atoms with E-state index >= 15 is 0 Å². The van der Waals surface area contributed by atoms with Gasteiger partial charge < -0.3 is 20.5 Å². The molecule has 0 bridgehead atoms. The Morgan fingerprint density at radius 3 is 2.89 bits per heavy atom. The molecule has 1 atom stereocenters. The first-order valence-corrected chi connectivity index (χ1v) is 11.6. The third kappa shape index (κ3) is 4.98. The number of nitrogens with zero attached hydrogens (tertiary/aromatic N) is 5. The van der Waals surface area contributed by atoms with Crippen LogP contribution in [0.25, 0.3) is 22.2 Å². The van der Waals surface area contributed by atoms with Crippen molar-refractivity contribution >= 4 is 28.6 Å². The minimum Gasteiger partial charge on any atom is -0.354 e. The molecule has 176 valence electrons. The highest BCUT2D eigenvalue weighted by molar-refractivity contribution is 6.05. The van der Waals surface area contributed by atoms with Crippen LogP contribution in [0.15, 0.2) is 55.4 Å². The van der Waals surface area contributed by atoms with Crippen molar-refractivity contribution in [3.05, 3.63) is 60.9 Å². The van der Waals surface area contributed by atoms with Gasteiger partial charge in [0.05, 0.1) is 18.1 Å². The van der Waals surface area contributed by atoms with E-state index in [0.29, 0.717) is 24.0 Å². The van der Waals surface area contributed by atoms with Crippen molar-refractivity contribution in [2.75, 3.05) is 29.9 Å². The topological polar surface area (TPSA) is 112 Å². The summed E-state index contributed by atoms with van der Waals surface area (Å²) in [6.45, 7) is 4.36. The number of aromatic amines is 1. The van der Waals surface area contributed by atoms with Crippen LogP contribution in [0, 0.1) is 11.8 Å². The van der Waals surface area contributed by atoms with Crippen molar-refractivity contribution in [2.24, 2.45) is 0 Å².